The third kappa shape index (κ3) is 4.22. The normalized spacial score (nSPS) is 24.7. The van der Waals surface area contributed by atoms with Crippen molar-refractivity contribution in [3.63, 3.8) is 0 Å². The first-order valence-corrected chi connectivity index (χ1v) is 11.3. The topological polar surface area (TPSA) is 95.0 Å². The summed E-state index contributed by atoms with van der Waals surface area (Å²) >= 11 is 1.58. The molecule has 1 fully saturated rings. The minimum Gasteiger partial charge on any atom is -0.379 e. The summed E-state index contributed by atoms with van der Waals surface area (Å²) < 4.78 is 5.44. The molecule has 0 unspecified atom stereocenters. The third-order valence-electron chi connectivity index (χ3n) is 6.26. The quantitative estimate of drug-likeness (QED) is 0.776. The highest BCUT2D eigenvalue weighted by molar-refractivity contribution is 7.10. The number of nitriles is 1. The zero-order valence-electron chi connectivity index (χ0n) is 17.9. The van der Waals surface area contributed by atoms with E-state index in [0.29, 0.717) is 12.0 Å². The Bertz CT molecular complexity index is 1040. The van der Waals surface area contributed by atoms with Crippen LogP contribution in [0.5, 0.6) is 0 Å². The van der Waals surface area contributed by atoms with E-state index in [0.717, 1.165) is 48.9 Å². The van der Waals surface area contributed by atoms with Crippen LogP contribution in [0.3, 0.4) is 0 Å². The summed E-state index contributed by atoms with van der Waals surface area (Å²) in [5.41, 5.74) is 8.03. The molecular formula is C23H27N5O2S. The summed E-state index contributed by atoms with van der Waals surface area (Å²) in [6.07, 6.45) is 0.702. The number of guanidine groups is 1. The summed E-state index contributed by atoms with van der Waals surface area (Å²) in [7, 11) is 1.69. The third-order valence-corrected chi connectivity index (χ3v) is 7.42. The molecule has 31 heavy (non-hydrogen) atoms. The zero-order valence-corrected chi connectivity index (χ0v) is 18.7. The van der Waals surface area contributed by atoms with Crippen LogP contribution in [0.4, 0.5) is 0 Å². The van der Waals surface area contributed by atoms with Gasteiger partial charge in [-0.15, -0.1) is 11.3 Å². The molecule has 1 amide bonds. The van der Waals surface area contributed by atoms with Gasteiger partial charge >= 0.3 is 0 Å². The molecule has 1 saturated heterocycles. The Labute approximate surface area is 186 Å². The van der Waals surface area contributed by atoms with Gasteiger partial charge in [0.1, 0.15) is 5.54 Å². The van der Waals surface area contributed by atoms with Crippen molar-refractivity contribution in [2.45, 2.75) is 18.9 Å². The second kappa shape index (κ2) is 8.79. The molecule has 1 aromatic carbocycles. The van der Waals surface area contributed by atoms with Crippen molar-refractivity contribution in [3.05, 3.63) is 46.2 Å². The van der Waals surface area contributed by atoms with E-state index in [4.69, 9.17) is 15.5 Å². The van der Waals surface area contributed by atoms with Gasteiger partial charge < -0.3 is 10.5 Å². The Morgan fingerprint density at radius 1 is 1.32 bits per heavy atom. The molecule has 162 valence electrons. The molecule has 2 atom stereocenters. The number of hydrogen-bond acceptors (Lipinski definition) is 7. The van der Waals surface area contributed by atoms with Gasteiger partial charge in [-0.25, -0.2) is 4.99 Å². The van der Waals surface area contributed by atoms with E-state index in [1.807, 2.05) is 25.1 Å². The molecule has 3 heterocycles. The van der Waals surface area contributed by atoms with Gasteiger partial charge in [0.2, 0.25) is 5.91 Å². The fourth-order valence-electron chi connectivity index (χ4n) is 4.27. The minimum absolute atomic E-state index is 0.00434. The first-order chi connectivity index (χ1) is 14.9. The van der Waals surface area contributed by atoms with Gasteiger partial charge in [0, 0.05) is 25.0 Å². The van der Waals surface area contributed by atoms with Crippen LogP contribution in [-0.4, -0.2) is 61.6 Å². The standard InChI is InChI=1S/C23H27N5O2S/c1-23(20-13-18(15-31-20)17-5-3-4-16(12-17)14-24)19(21(29)27(2)22(25)26-23)6-7-28-8-10-30-11-9-28/h3-5,12-13,15,19H,6-11H2,1-2H3,(H2,25,26)/t19-,23+/m1/s1. The number of hydrogen-bond donors (Lipinski definition) is 1. The van der Waals surface area contributed by atoms with Gasteiger partial charge in [0.05, 0.1) is 30.8 Å². The number of rotatable bonds is 5. The second-order valence-corrected chi connectivity index (χ2v) is 9.11. The number of benzene rings is 1. The molecule has 2 aromatic rings. The molecule has 0 bridgehead atoms. The molecule has 4 rings (SSSR count). The Morgan fingerprint density at radius 3 is 2.84 bits per heavy atom. The summed E-state index contributed by atoms with van der Waals surface area (Å²) in [6, 6.07) is 11.8. The van der Waals surface area contributed by atoms with Gasteiger partial charge in [-0.05, 0) is 54.6 Å². The van der Waals surface area contributed by atoms with E-state index in [1.165, 1.54) is 4.90 Å². The van der Waals surface area contributed by atoms with Gasteiger partial charge in [-0.2, -0.15) is 5.26 Å². The highest BCUT2D eigenvalue weighted by Gasteiger charge is 2.46. The first kappa shape index (κ1) is 21.5. The van der Waals surface area contributed by atoms with Crippen LogP contribution in [0.1, 0.15) is 23.8 Å². The van der Waals surface area contributed by atoms with Crippen molar-refractivity contribution in [1.82, 2.24) is 9.80 Å². The number of thiophene rings is 1. The van der Waals surface area contributed by atoms with Crippen LogP contribution >= 0.6 is 11.3 Å². The number of aliphatic imine (C=N–C) groups is 1. The van der Waals surface area contributed by atoms with Gasteiger partial charge in [-0.3, -0.25) is 14.6 Å². The molecule has 0 spiro atoms. The number of ether oxygens (including phenoxy) is 1. The SMILES string of the molecule is CN1C(=O)[C@@H](CCN2CCOCC2)[C@@](C)(c2cc(-c3cccc(C#N)c3)cs2)N=C1N. The van der Waals surface area contributed by atoms with Crippen molar-refractivity contribution >= 4 is 23.2 Å². The predicted molar refractivity (Wildman–Crippen MR) is 122 cm³/mol. The number of carbonyl (C=O) groups is 1. The number of nitrogens with zero attached hydrogens (tertiary/aromatic N) is 4. The van der Waals surface area contributed by atoms with Gasteiger partial charge in [0.15, 0.2) is 5.96 Å². The van der Waals surface area contributed by atoms with E-state index in [1.54, 1.807) is 24.5 Å². The number of morpholine rings is 1. The predicted octanol–water partition coefficient (Wildman–Crippen LogP) is 2.63. The smallest absolute Gasteiger partial charge is 0.235 e. The monoisotopic (exact) mass is 437 g/mol. The highest BCUT2D eigenvalue weighted by atomic mass is 32.1. The van der Waals surface area contributed by atoms with Gasteiger partial charge in [-0.1, -0.05) is 12.1 Å². The lowest BCUT2D eigenvalue weighted by Crippen LogP contribution is -2.54. The molecule has 8 heteroatoms. The van der Waals surface area contributed by atoms with E-state index >= 15 is 0 Å². The molecular weight excluding hydrogens is 410 g/mol. The maximum Gasteiger partial charge on any atom is 0.235 e. The Kier molecular flexibility index (Phi) is 6.10. The number of carbonyl (C=O) groups excluding carboxylic acids is 1. The average molecular weight is 438 g/mol. The fourth-order valence-corrected chi connectivity index (χ4v) is 5.35. The minimum atomic E-state index is -0.726. The van der Waals surface area contributed by atoms with E-state index in [2.05, 4.69) is 22.4 Å². The summed E-state index contributed by atoms with van der Waals surface area (Å²) in [6.45, 7) is 6.07. The Balaban J connectivity index is 1.65. The van der Waals surface area contributed by atoms with Crippen molar-refractivity contribution in [2.75, 3.05) is 39.9 Å². The largest absolute Gasteiger partial charge is 0.379 e. The summed E-state index contributed by atoms with van der Waals surface area (Å²) in [4.78, 5) is 22.9. The van der Waals surface area contributed by atoms with Crippen LogP contribution in [0, 0.1) is 17.2 Å². The number of amides is 1. The van der Waals surface area contributed by atoms with Gasteiger partial charge in [0.25, 0.3) is 0 Å². The highest BCUT2D eigenvalue weighted by Crippen LogP contribution is 2.43. The van der Waals surface area contributed by atoms with Crippen molar-refractivity contribution in [2.24, 2.45) is 16.6 Å². The van der Waals surface area contributed by atoms with E-state index in [-0.39, 0.29) is 17.8 Å². The van der Waals surface area contributed by atoms with Crippen molar-refractivity contribution in [3.8, 4) is 17.2 Å². The van der Waals surface area contributed by atoms with Crippen LogP contribution in [0.15, 0.2) is 40.7 Å². The summed E-state index contributed by atoms with van der Waals surface area (Å²) in [5, 5.41) is 11.3. The van der Waals surface area contributed by atoms with E-state index in [9.17, 15) is 10.1 Å². The lowest BCUT2D eigenvalue weighted by Gasteiger charge is -2.40. The fraction of sp³-hybridized carbons (Fsp3) is 0.435. The maximum atomic E-state index is 13.2. The van der Waals surface area contributed by atoms with Crippen LogP contribution < -0.4 is 5.73 Å². The van der Waals surface area contributed by atoms with Crippen LogP contribution in [-0.2, 0) is 15.1 Å². The Morgan fingerprint density at radius 2 is 2.10 bits per heavy atom. The lowest BCUT2D eigenvalue weighted by molar-refractivity contribution is -0.134. The zero-order chi connectivity index (χ0) is 22.0. The molecule has 2 aliphatic rings. The van der Waals surface area contributed by atoms with Crippen LogP contribution in [0.25, 0.3) is 11.1 Å². The molecule has 7 nitrogen and oxygen atoms in total. The molecule has 1 aromatic heterocycles. The number of nitrogens with two attached hydrogens (primary N) is 1. The van der Waals surface area contributed by atoms with Crippen LogP contribution in [0.2, 0.25) is 0 Å². The first-order valence-electron chi connectivity index (χ1n) is 10.4. The maximum absolute atomic E-state index is 13.2. The Hall–Kier alpha value is -2.73. The molecule has 2 N–H and O–H groups in total. The molecule has 0 aliphatic carbocycles. The average Bonchev–Trinajstić information content (AvgIpc) is 3.29. The van der Waals surface area contributed by atoms with Crippen molar-refractivity contribution in [1.29, 1.82) is 5.26 Å². The lowest BCUT2D eigenvalue weighted by atomic mass is 9.79. The summed E-state index contributed by atoms with van der Waals surface area (Å²) in [5.74, 6) is -0.0502. The molecule has 0 saturated carbocycles. The molecule has 2 aliphatic heterocycles. The van der Waals surface area contributed by atoms with E-state index < -0.39 is 5.54 Å². The second-order valence-electron chi connectivity index (χ2n) is 8.20. The van der Waals surface area contributed by atoms with Crippen molar-refractivity contribution < 1.29 is 9.53 Å². The molecule has 0 radical (unpaired) electrons.